The highest BCUT2D eigenvalue weighted by Crippen LogP contribution is 2.19. The summed E-state index contributed by atoms with van der Waals surface area (Å²) in [6.07, 6.45) is 0. The second kappa shape index (κ2) is 5.45. The van der Waals surface area contributed by atoms with Crippen LogP contribution in [0.2, 0.25) is 0 Å². The van der Waals surface area contributed by atoms with Gasteiger partial charge in [0.2, 0.25) is 0 Å². The van der Waals surface area contributed by atoms with Crippen molar-refractivity contribution in [3.05, 3.63) is 65.0 Å². The van der Waals surface area contributed by atoms with E-state index in [0.29, 0.717) is 12.1 Å². The Morgan fingerprint density at radius 2 is 1.70 bits per heavy atom. The number of para-hydroxylation sites is 1. The normalized spacial score (nSPS) is 9.90. The Bertz CT molecular complexity index is 700. The molecule has 0 aliphatic carbocycles. The van der Waals surface area contributed by atoms with Gasteiger partial charge in [-0.25, -0.2) is 13.2 Å². The fraction of sp³-hybridized carbons (Fsp3) is 0. The van der Waals surface area contributed by atoms with Crippen LogP contribution in [0.15, 0.2) is 36.4 Å². The molecule has 0 aliphatic rings. The van der Waals surface area contributed by atoms with Crippen LogP contribution in [0.5, 0.6) is 0 Å². The maximum absolute atomic E-state index is 13.4. The molecule has 0 bridgehead atoms. The second-order valence-corrected chi connectivity index (χ2v) is 3.86. The summed E-state index contributed by atoms with van der Waals surface area (Å²) >= 11 is 0. The SMILES string of the molecule is N#Cc1ccccc1NC(=O)c1c(F)cc(F)cc1F. The zero-order valence-corrected chi connectivity index (χ0v) is 9.95. The number of hydrogen-bond donors (Lipinski definition) is 1. The summed E-state index contributed by atoms with van der Waals surface area (Å²) in [4.78, 5) is 11.8. The predicted molar refractivity (Wildman–Crippen MR) is 65.4 cm³/mol. The summed E-state index contributed by atoms with van der Waals surface area (Å²) in [6.45, 7) is 0. The monoisotopic (exact) mass is 276 g/mol. The Labute approximate surface area is 112 Å². The first-order chi connectivity index (χ1) is 9.52. The van der Waals surface area contributed by atoms with E-state index in [9.17, 15) is 18.0 Å². The van der Waals surface area contributed by atoms with Crippen LogP contribution in [-0.2, 0) is 0 Å². The third kappa shape index (κ3) is 2.62. The summed E-state index contributed by atoms with van der Waals surface area (Å²) in [5.41, 5.74) is -0.647. The summed E-state index contributed by atoms with van der Waals surface area (Å²) in [5, 5.41) is 11.1. The average molecular weight is 276 g/mol. The molecule has 3 nitrogen and oxygen atoms in total. The van der Waals surface area contributed by atoms with E-state index in [-0.39, 0.29) is 11.3 Å². The largest absolute Gasteiger partial charge is 0.321 e. The van der Waals surface area contributed by atoms with E-state index in [1.165, 1.54) is 12.1 Å². The van der Waals surface area contributed by atoms with Crippen LogP contribution >= 0.6 is 0 Å². The zero-order valence-electron chi connectivity index (χ0n) is 9.95. The molecule has 0 heterocycles. The van der Waals surface area contributed by atoms with Gasteiger partial charge in [-0.3, -0.25) is 4.79 Å². The lowest BCUT2D eigenvalue weighted by Crippen LogP contribution is -2.17. The summed E-state index contributed by atoms with van der Waals surface area (Å²) in [7, 11) is 0. The van der Waals surface area contributed by atoms with E-state index >= 15 is 0 Å². The van der Waals surface area contributed by atoms with E-state index in [2.05, 4.69) is 5.32 Å². The van der Waals surface area contributed by atoms with Gasteiger partial charge >= 0.3 is 0 Å². The molecule has 0 aliphatic heterocycles. The number of halogens is 3. The van der Waals surface area contributed by atoms with Crippen molar-refractivity contribution < 1.29 is 18.0 Å². The Morgan fingerprint density at radius 3 is 2.30 bits per heavy atom. The van der Waals surface area contributed by atoms with Crippen molar-refractivity contribution in [1.82, 2.24) is 0 Å². The van der Waals surface area contributed by atoms with Crippen LogP contribution in [0, 0.1) is 28.8 Å². The Kier molecular flexibility index (Phi) is 3.71. The highest BCUT2D eigenvalue weighted by atomic mass is 19.1. The summed E-state index contributed by atoms with van der Waals surface area (Å²) in [5.74, 6) is -4.83. The minimum Gasteiger partial charge on any atom is -0.321 e. The molecular formula is C14H7F3N2O. The summed E-state index contributed by atoms with van der Waals surface area (Å²) in [6, 6.07) is 8.63. The molecule has 100 valence electrons. The van der Waals surface area contributed by atoms with Crippen LogP contribution in [0.1, 0.15) is 15.9 Å². The van der Waals surface area contributed by atoms with E-state index in [1.807, 2.05) is 6.07 Å². The van der Waals surface area contributed by atoms with Crippen molar-refractivity contribution in [1.29, 1.82) is 5.26 Å². The number of carbonyl (C=O) groups is 1. The first-order valence-corrected chi connectivity index (χ1v) is 5.48. The van der Waals surface area contributed by atoms with E-state index in [0.717, 1.165) is 0 Å². The molecule has 0 spiro atoms. The van der Waals surface area contributed by atoms with E-state index in [1.54, 1.807) is 12.1 Å². The van der Waals surface area contributed by atoms with Gasteiger partial charge in [-0.2, -0.15) is 5.26 Å². The number of benzene rings is 2. The van der Waals surface area contributed by atoms with Gasteiger partial charge < -0.3 is 5.32 Å². The fourth-order valence-electron chi connectivity index (χ4n) is 1.63. The second-order valence-electron chi connectivity index (χ2n) is 3.86. The van der Waals surface area contributed by atoms with Gasteiger partial charge in [0.25, 0.3) is 5.91 Å². The summed E-state index contributed by atoms with van der Waals surface area (Å²) < 4.78 is 39.6. The lowest BCUT2D eigenvalue weighted by molar-refractivity contribution is 0.101. The minimum atomic E-state index is -1.31. The number of rotatable bonds is 2. The minimum absolute atomic E-state index is 0.114. The van der Waals surface area contributed by atoms with Crippen LogP contribution in [-0.4, -0.2) is 5.91 Å². The number of nitriles is 1. The molecule has 1 amide bonds. The maximum atomic E-state index is 13.4. The van der Waals surface area contributed by atoms with Gasteiger partial charge in [-0.1, -0.05) is 12.1 Å². The number of anilines is 1. The van der Waals surface area contributed by atoms with Crippen molar-refractivity contribution in [2.45, 2.75) is 0 Å². The van der Waals surface area contributed by atoms with Gasteiger partial charge in [0.05, 0.1) is 11.3 Å². The van der Waals surface area contributed by atoms with Gasteiger partial charge in [-0.05, 0) is 12.1 Å². The van der Waals surface area contributed by atoms with Crippen molar-refractivity contribution in [2.75, 3.05) is 5.32 Å². The first-order valence-electron chi connectivity index (χ1n) is 5.48. The molecular weight excluding hydrogens is 269 g/mol. The van der Waals surface area contributed by atoms with Gasteiger partial charge in [0, 0.05) is 12.1 Å². The highest BCUT2D eigenvalue weighted by Gasteiger charge is 2.19. The lowest BCUT2D eigenvalue weighted by Gasteiger charge is -2.08. The van der Waals surface area contributed by atoms with Gasteiger partial charge in [0.15, 0.2) is 0 Å². The molecule has 0 aromatic heterocycles. The molecule has 6 heteroatoms. The lowest BCUT2D eigenvalue weighted by atomic mass is 10.1. The average Bonchev–Trinajstić information content (AvgIpc) is 2.38. The molecule has 0 saturated carbocycles. The highest BCUT2D eigenvalue weighted by molar-refractivity contribution is 6.05. The molecule has 0 radical (unpaired) electrons. The predicted octanol–water partition coefficient (Wildman–Crippen LogP) is 3.23. The van der Waals surface area contributed by atoms with Crippen molar-refractivity contribution in [2.24, 2.45) is 0 Å². The molecule has 0 atom stereocenters. The Balaban J connectivity index is 2.37. The first kappa shape index (κ1) is 13.6. The number of nitrogens with one attached hydrogen (secondary N) is 1. The van der Waals surface area contributed by atoms with Crippen molar-refractivity contribution in [3.63, 3.8) is 0 Å². The zero-order chi connectivity index (χ0) is 14.7. The topological polar surface area (TPSA) is 52.9 Å². The van der Waals surface area contributed by atoms with Crippen molar-refractivity contribution >= 4 is 11.6 Å². The third-order valence-corrected chi connectivity index (χ3v) is 2.53. The number of amides is 1. The van der Waals surface area contributed by atoms with Gasteiger partial charge in [0.1, 0.15) is 29.1 Å². The molecule has 2 aromatic rings. The smallest absolute Gasteiger partial charge is 0.261 e. The van der Waals surface area contributed by atoms with Crippen LogP contribution in [0.4, 0.5) is 18.9 Å². The number of hydrogen-bond acceptors (Lipinski definition) is 2. The maximum Gasteiger partial charge on any atom is 0.261 e. The quantitative estimate of drug-likeness (QED) is 0.915. The third-order valence-electron chi connectivity index (χ3n) is 2.53. The number of nitrogens with zero attached hydrogens (tertiary/aromatic N) is 1. The van der Waals surface area contributed by atoms with Crippen LogP contribution < -0.4 is 5.32 Å². The standard InChI is InChI=1S/C14H7F3N2O/c15-9-5-10(16)13(11(17)6-9)14(20)19-12-4-2-1-3-8(12)7-18/h1-6H,(H,19,20). The molecule has 0 fully saturated rings. The Morgan fingerprint density at radius 1 is 1.10 bits per heavy atom. The van der Waals surface area contributed by atoms with E-state index < -0.39 is 28.9 Å². The molecule has 2 rings (SSSR count). The van der Waals surface area contributed by atoms with Crippen molar-refractivity contribution in [3.8, 4) is 6.07 Å². The number of carbonyl (C=O) groups excluding carboxylic acids is 1. The van der Waals surface area contributed by atoms with E-state index in [4.69, 9.17) is 5.26 Å². The Hall–Kier alpha value is -2.81. The molecule has 2 aromatic carbocycles. The van der Waals surface area contributed by atoms with Crippen LogP contribution in [0.3, 0.4) is 0 Å². The van der Waals surface area contributed by atoms with Gasteiger partial charge in [-0.15, -0.1) is 0 Å². The fourth-order valence-corrected chi connectivity index (χ4v) is 1.63. The molecule has 0 saturated heterocycles. The molecule has 1 N–H and O–H groups in total. The molecule has 0 unspecified atom stereocenters. The molecule has 20 heavy (non-hydrogen) atoms. The van der Waals surface area contributed by atoms with Crippen LogP contribution in [0.25, 0.3) is 0 Å².